The van der Waals surface area contributed by atoms with Crippen LogP contribution < -0.4 is 10.6 Å². The molecule has 12 heteroatoms. The number of carbonyl (C=O) groups excluding carboxylic acids is 2. The van der Waals surface area contributed by atoms with E-state index < -0.39 is 0 Å². The minimum absolute atomic E-state index is 0.176. The van der Waals surface area contributed by atoms with Gasteiger partial charge in [0.15, 0.2) is 0 Å². The van der Waals surface area contributed by atoms with Gasteiger partial charge < -0.3 is 30.2 Å². The van der Waals surface area contributed by atoms with E-state index in [1.165, 1.54) is 82.1 Å². The highest BCUT2D eigenvalue weighted by molar-refractivity contribution is 8.00. The van der Waals surface area contributed by atoms with Gasteiger partial charge in [-0.05, 0) is 214 Å². The van der Waals surface area contributed by atoms with Crippen LogP contribution in [-0.4, -0.2) is 170 Å². The number of hydrogen-bond acceptors (Lipinski definition) is 10. The fourth-order valence-electron chi connectivity index (χ4n) is 11.6. The number of hydrogen-bond donors (Lipinski definition) is 2. The molecular weight excluding hydrogens is 905 g/mol. The van der Waals surface area contributed by atoms with Crippen molar-refractivity contribution in [3.63, 3.8) is 0 Å². The number of nitrogens with zero attached hydrogens (tertiary/aromatic N) is 4. The van der Waals surface area contributed by atoms with Crippen molar-refractivity contribution >= 4 is 58.9 Å². The fourth-order valence-corrected chi connectivity index (χ4v) is 17.9. The number of carbonyl (C=O) groups is 2. The van der Waals surface area contributed by atoms with Crippen LogP contribution in [-0.2, 0) is 9.59 Å². The third-order valence-electron chi connectivity index (χ3n) is 16.3. The van der Waals surface area contributed by atoms with Crippen LogP contribution in [0.5, 0.6) is 0 Å². The first-order chi connectivity index (χ1) is 32.0. The number of rotatable bonds is 30. The average molecular weight is 1010 g/mol. The van der Waals surface area contributed by atoms with E-state index in [2.05, 4.69) is 161 Å². The first kappa shape index (κ1) is 59.7. The molecule has 4 aliphatic rings. The lowest BCUT2D eigenvalue weighted by atomic mass is 9.75. The van der Waals surface area contributed by atoms with Gasteiger partial charge >= 0.3 is 0 Å². The summed E-state index contributed by atoms with van der Waals surface area (Å²) in [6.07, 6.45) is 22.8. The van der Waals surface area contributed by atoms with E-state index in [0.29, 0.717) is 46.2 Å². The summed E-state index contributed by atoms with van der Waals surface area (Å²) in [5.74, 6) is 10.2. The van der Waals surface area contributed by atoms with Crippen LogP contribution in [0.4, 0.5) is 0 Å². The molecule has 0 aromatic heterocycles. The van der Waals surface area contributed by atoms with Gasteiger partial charge in [-0.15, -0.1) is 0 Å². The van der Waals surface area contributed by atoms with Crippen LogP contribution in [0.2, 0.25) is 0 Å². The summed E-state index contributed by atoms with van der Waals surface area (Å²) < 4.78 is 0. The zero-order chi connectivity index (χ0) is 48.9. The lowest BCUT2D eigenvalue weighted by Crippen LogP contribution is -2.44. The molecule has 0 heterocycles. The van der Waals surface area contributed by atoms with Crippen molar-refractivity contribution in [1.29, 1.82) is 0 Å². The van der Waals surface area contributed by atoms with Gasteiger partial charge in [-0.25, -0.2) is 0 Å². The third-order valence-corrected chi connectivity index (χ3v) is 22.4. The van der Waals surface area contributed by atoms with Crippen molar-refractivity contribution in [1.82, 2.24) is 30.2 Å². The van der Waals surface area contributed by atoms with E-state index in [1.807, 2.05) is 0 Å². The van der Waals surface area contributed by atoms with Crippen LogP contribution in [0.3, 0.4) is 0 Å². The van der Waals surface area contributed by atoms with Gasteiger partial charge in [0.1, 0.15) is 0 Å². The predicted molar refractivity (Wildman–Crippen MR) is 301 cm³/mol. The Morgan fingerprint density at radius 2 is 0.821 bits per heavy atom. The molecule has 0 aliphatic heterocycles. The molecule has 2 N–H and O–H groups in total. The summed E-state index contributed by atoms with van der Waals surface area (Å²) in [6.45, 7) is 14.1. The maximum absolute atomic E-state index is 13.9. The zero-order valence-corrected chi connectivity index (χ0v) is 48.7. The molecule has 0 bridgehead atoms. The first-order valence-electron chi connectivity index (χ1n) is 27.6. The lowest BCUT2D eigenvalue weighted by Gasteiger charge is -2.38. The van der Waals surface area contributed by atoms with Crippen molar-refractivity contribution < 1.29 is 9.59 Å². The largest absolute Gasteiger partial charge is 0.353 e. The Kier molecular flexibility index (Phi) is 28.9. The van der Waals surface area contributed by atoms with Crippen LogP contribution in [0.25, 0.3) is 0 Å². The van der Waals surface area contributed by atoms with E-state index in [-0.39, 0.29) is 11.8 Å². The van der Waals surface area contributed by atoms with E-state index >= 15 is 0 Å². The molecule has 2 amide bonds. The summed E-state index contributed by atoms with van der Waals surface area (Å²) in [5, 5.41) is 9.85. The second kappa shape index (κ2) is 32.4. The predicted octanol–water partition coefficient (Wildman–Crippen LogP) is 11.1. The van der Waals surface area contributed by atoms with E-state index in [9.17, 15) is 9.59 Å². The van der Waals surface area contributed by atoms with E-state index in [1.54, 1.807) is 0 Å². The highest BCUT2D eigenvalue weighted by Gasteiger charge is 2.38. The number of thioether (sulfide) groups is 4. The zero-order valence-electron chi connectivity index (χ0n) is 45.4. The maximum Gasteiger partial charge on any atom is 0.223 e. The summed E-state index contributed by atoms with van der Waals surface area (Å²) in [6, 6.07) is 0.710. The Morgan fingerprint density at radius 1 is 0.478 bits per heavy atom. The third kappa shape index (κ3) is 23.3. The van der Waals surface area contributed by atoms with Gasteiger partial charge in [0.25, 0.3) is 0 Å². The molecule has 4 fully saturated rings. The van der Waals surface area contributed by atoms with Crippen LogP contribution in [0, 0.1) is 47.3 Å². The Labute approximate surface area is 431 Å². The molecule has 4 saturated carbocycles. The van der Waals surface area contributed by atoms with Crippen LogP contribution in [0.1, 0.15) is 150 Å². The SMILES string of the molecule is CC(C)C(CCC1CCC(C(=O)NC2CCC(CC3CCC(NC(=O)C4CCC(CCC(SCCN(C)C)C(C)C)C(SCCN(C)C)C4)CC3)CC2)CC1SCCN(C)C)SCCN(C)C. The number of amides is 2. The minimum Gasteiger partial charge on any atom is -0.353 e. The minimum atomic E-state index is 0.176. The second-order valence-corrected chi connectivity index (χ2v) is 29.1. The molecular formula is C55H106N6O2S4. The van der Waals surface area contributed by atoms with E-state index in [0.717, 1.165) is 123 Å². The molecule has 0 saturated heterocycles. The van der Waals surface area contributed by atoms with Gasteiger partial charge in [-0.3, -0.25) is 9.59 Å². The monoisotopic (exact) mass is 1010 g/mol. The highest BCUT2D eigenvalue weighted by Crippen LogP contribution is 2.43. The number of nitrogens with one attached hydrogen (secondary N) is 2. The summed E-state index contributed by atoms with van der Waals surface area (Å²) in [7, 11) is 17.4. The topological polar surface area (TPSA) is 71.2 Å². The van der Waals surface area contributed by atoms with Crippen LogP contribution in [0.15, 0.2) is 0 Å². The summed E-state index contributed by atoms with van der Waals surface area (Å²) >= 11 is 8.67. The molecule has 0 aromatic carbocycles. The molecule has 8 unspecified atom stereocenters. The molecule has 0 radical (unpaired) electrons. The van der Waals surface area contributed by atoms with Crippen molar-refractivity contribution in [2.75, 3.05) is 106 Å². The van der Waals surface area contributed by atoms with Crippen molar-refractivity contribution in [2.24, 2.45) is 47.3 Å². The van der Waals surface area contributed by atoms with Crippen LogP contribution >= 0.6 is 47.0 Å². The Hall–Kier alpha value is 0.180. The summed E-state index contributed by atoms with van der Waals surface area (Å²) in [4.78, 5) is 37.0. The van der Waals surface area contributed by atoms with Gasteiger partial charge in [0.05, 0.1) is 0 Å². The maximum atomic E-state index is 13.9. The van der Waals surface area contributed by atoms with Gasteiger partial charge in [-0.1, -0.05) is 27.7 Å². The lowest BCUT2D eigenvalue weighted by molar-refractivity contribution is -0.127. The Bertz CT molecular complexity index is 1240. The van der Waals surface area contributed by atoms with Crippen molar-refractivity contribution in [2.45, 2.75) is 183 Å². The normalized spacial score (nSPS) is 29.6. The molecule has 0 aromatic rings. The van der Waals surface area contributed by atoms with Gasteiger partial charge in [-0.2, -0.15) is 47.0 Å². The molecule has 8 nitrogen and oxygen atoms in total. The highest BCUT2D eigenvalue weighted by atomic mass is 32.2. The van der Waals surface area contributed by atoms with Gasteiger partial charge in [0, 0.05) is 94.1 Å². The Balaban J connectivity index is 1.16. The summed E-state index contributed by atoms with van der Waals surface area (Å²) in [5.41, 5.74) is 0. The van der Waals surface area contributed by atoms with Crippen molar-refractivity contribution in [3.05, 3.63) is 0 Å². The standard InChI is InChI=1S/C55H106N6O2S4/c1-40(2)50(64-33-29-58(5)6)27-21-44-17-19-46(38-52(44)66-35-31-60(9)10)54(62)56-48-23-13-42(14-24-48)37-43-15-25-49(26-16-43)57-55(63)47-20-18-45(53(39-47)67-36-32-61(11)12)22-28-51(41(3)4)65-34-30-59(7)8/h40-53H,13-39H2,1-12H3,(H,56,62)(H,57,63). The molecule has 4 rings (SSSR count). The first-order valence-corrected chi connectivity index (χ1v) is 31.8. The van der Waals surface area contributed by atoms with E-state index in [4.69, 9.17) is 0 Å². The average Bonchev–Trinajstić information content (AvgIpc) is 3.27. The Morgan fingerprint density at radius 3 is 1.15 bits per heavy atom. The molecule has 392 valence electrons. The molecule has 8 atom stereocenters. The quantitative estimate of drug-likeness (QED) is 0.0727. The second-order valence-electron chi connectivity index (χ2n) is 23.7. The molecule has 67 heavy (non-hydrogen) atoms. The van der Waals surface area contributed by atoms with Gasteiger partial charge in [0.2, 0.25) is 11.8 Å². The fraction of sp³-hybridized carbons (Fsp3) is 0.964. The smallest absolute Gasteiger partial charge is 0.223 e. The molecule has 0 spiro atoms. The van der Waals surface area contributed by atoms with Crippen molar-refractivity contribution in [3.8, 4) is 0 Å². The molecule has 4 aliphatic carbocycles.